The SMILES string of the molecule is Cl.Cl.Oc1cc(F)c(F)c(F)c1[C@@H](C1CCOCC1)N1CCNCC1. The summed E-state index contributed by atoms with van der Waals surface area (Å²) >= 11 is 0. The predicted octanol–water partition coefficient (Wildman–Crippen LogP) is 3.03. The van der Waals surface area contributed by atoms with Gasteiger partial charge in [0.1, 0.15) is 5.75 Å². The average Bonchev–Trinajstić information content (AvgIpc) is 2.58. The number of hydrogen-bond acceptors (Lipinski definition) is 4. The van der Waals surface area contributed by atoms with E-state index in [0.717, 1.165) is 13.1 Å². The van der Waals surface area contributed by atoms with E-state index in [4.69, 9.17) is 4.74 Å². The first-order chi connectivity index (χ1) is 11.1. The van der Waals surface area contributed by atoms with E-state index in [1.165, 1.54) is 0 Å². The summed E-state index contributed by atoms with van der Waals surface area (Å²) < 4.78 is 46.9. The van der Waals surface area contributed by atoms with Crippen LogP contribution in [0.2, 0.25) is 0 Å². The molecule has 0 radical (unpaired) electrons. The molecule has 1 aromatic carbocycles. The Balaban J connectivity index is 0.00000156. The van der Waals surface area contributed by atoms with Crippen LogP contribution in [0.15, 0.2) is 6.07 Å². The van der Waals surface area contributed by atoms with E-state index in [-0.39, 0.29) is 36.3 Å². The first kappa shape index (κ1) is 22.3. The van der Waals surface area contributed by atoms with Gasteiger partial charge in [0.2, 0.25) is 0 Å². The van der Waals surface area contributed by atoms with Crippen LogP contribution in [-0.4, -0.2) is 49.4 Å². The topological polar surface area (TPSA) is 44.7 Å². The first-order valence-electron chi connectivity index (χ1n) is 7.98. The smallest absolute Gasteiger partial charge is 0.195 e. The zero-order valence-electron chi connectivity index (χ0n) is 13.6. The second kappa shape index (κ2) is 9.83. The molecule has 1 atom stereocenters. The molecule has 0 spiro atoms. The van der Waals surface area contributed by atoms with Gasteiger partial charge in [0.15, 0.2) is 17.5 Å². The summed E-state index contributed by atoms with van der Waals surface area (Å²) in [6.07, 6.45) is 1.40. The quantitative estimate of drug-likeness (QED) is 0.762. The molecule has 0 bridgehead atoms. The monoisotopic (exact) mass is 402 g/mol. The molecule has 2 saturated heterocycles. The Labute approximate surface area is 157 Å². The van der Waals surface area contributed by atoms with Crippen molar-refractivity contribution in [2.75, 3.05) is 39.4 Å². The highest BCUT2D eigenvalue weighted by atomic mass is 35.5. The lowest BCUT2D eigenvalue weighted by Gasteiger charge is -2.41. The summed E-state index contributed by atoms with van der Waals surface area (Å²) in [4.78, 5) is 2.04. The van der Waals surface area contributed by atoms with Gasteiger partial charge in [-0.15, -0.1) is 24.8 Å². The van der Waals surface area contributed by atoms with Gasteiger partial charge in [-0.2, -0.15) is 0 Å². The van der Waals surface area contributed by atoms with Gasteiger partial charge >= 0.3 is 0 Å². The van der Waals surface area contributed by atoms with Crippen LogP contribution in [-0.2, 0) is 4.74 Å². The zero-order chi connectivity index (χ0) is 16.4. The zero-order valence-corrected chi connectivity index (χ0v) is 15.3. The molecule has 2 aliphatic rings. The minimum atomic E-state index is -1.52. The van der Waals surface area contributed by atoms with Crippen LogP contribution in [0.3, 0.4) is 0 Å². The van der Waals surface area contributed by atoms with Crippen molar-refractivity contribution < 1.29 is 23.0 Å². The molecule has 0 aliphatic carbocycles. The molecule has 0 unspecified atom stereocenters. The van der Waals surface area contributed by atoms with Crippen molar-refractivity contribution in [2.24, 2.45) is 5.92 Å². The van der Waals surface area contributed by atoms with Crippen LogP contribution in [0.25, 0.3) is 0 Å². The summed E-state index contributed by atoms with van der Waals surface area (Å²) in [5.74, 6) is -4.65. The lowest BCUT2D eigenvalue weighted by Crippen LogP contribution is -2.47. The van der Waals surface area contributed by atoms with Gasteiger partial charge in [-0.25, -0.2) is 13.2 Å². The van der Waals surface area contributed by atoms with Gasteiger partial charge in [0, 0.05) is 51.5 Å². The first-order valence-corrected chi connectivity index (χ1v) is 7.98. The third kappa shape index (κ3) is 4.71. The molecule has 2 N–H and O–H groups in total. The third-order valence-electron chi connectivity index (χ3n) is 4.73. The molecule has 4 nitrogen and oxygen atoms in total. The van der Waals surface area contributed by atoms with Crippen molar-refractivity contribution in [1.82, 2.24) is 10.2 Å². The van der Waals surface area contributed by atoms with Crippen LogP contribution in [0.1, 0.15) is 24.4 Å². The molecule has 3 rings (SSSR count). The maximum absolute atomic E-state index is 14.4. The van der Waals surface area contributed by atoms with E-state index in [1.54, 1.807) is 0 Å². The van der Waals surface area contributed by atoms with E-state index < -0.39 is 29.2 Å². The Morgan fingerprint density at radius 3 is 2.28 bits per heavy atom. The van der Waals surface area contributed by atoms with Crippen molar-refractivity contribution in [3.05, 3.63) is 29.1 Å². The predicted molar refractivity (Wildman–Crippen MR) is 93.2 cm³/mol. The number of phenols is 1. The molecule has 0 aromatic heterocycles. The third-order valence-corrected chi connectivity index (χ3v) is 4.73. The summed E-state index contributed by atoms with van der Waals surface area (Å²) in [6, 6.07) is 0.193. The van der Waals surface area contributed by atoms with Crippen LogP contribution < -0.4 is 5.32 Å². The molecule has 2 fully saturated rings. The second-order valence-electron chi connectivity index (χ2n) is 6.10. The summed E-state index contributed by atoms with van der Waals surface area (Å²) in [5.41, 5.74) is -0.127. The van der Waals surface area contributed by atoms with E-state index in [9.17, 15) is 18.3 Å². The highest BCUT2D eigenvalue weighted by molar-refractivity contribution is 5.85. The molecule has 1 aromatic rings. The number of nitrogens with zero attached hydrogens (tertiary/aromatic N) is 1. The van der Waals surface area contributed by atoms with Crippen LogP contribution in [0, 0.1) is 23.4 Å². The van der Waals surface area contributed by atoms with Crippen LogP contribution in [0.5, 0.6) is 5.75 Å². The fourth-order valence-corrected chi connectivity index (χ4v) is 3.59. The minimum Gasteiger partial charge on any atom is -0.507 e. The largest absolute Gasteiger partial charge is 0.507 e. The number of ether oxygens (including phenoxy) is 1. The Morgan fingerprint density at radius 1 is 1.08 bits per heavy atom. The number of nitrogens with one attached hydrogen (secondary N) is 1. The number of aromatic hydroxyl groups is 1. The summed E-state index contributed by atoms with van der Waals surface area (Å²) in [5, 5.41) is 13.3. The van der Waals surface area contributed by atoms with Crippen LogP contribution >= 0.6 is 24.8 Å². The van der Waals surface area contributed by atoms with E-state index in [0.29, 0.717) is 45.2 Å². The second-order valence-corrected chi connectivity index (χ2v) is 6.10. The van der Waals surface area contributed by atoms with E-state index in [1.807, 2.05) is 4.90 Å². The van der Waals surface area contributed by atoms with Gasteiger partial charge in [0.05, 0.1) is 5.56 Å². The number of phenolic OH excluding ortho intramolecular Hbond substituents is 1. The lowest BCUT2D eigenvalue weighted by atomic mass is 9.84. The fraction of sp³-hybridized carbons (Fsp3) is 0.625. The summed E-state index contributed by atoms with van der Waals surface area (Å²) in [7, 11) is 0. The molecular weight excluding hydrogens is 380 g/mol. The average molecular weight is 403 g/mol. The fourth-order valence-electron chi connectivity index (χ4n) is 3.59. The Hall–Kier alpha value is -0.730. The maximum Gasteiger partial charge on any atom is 0.195 e. The standard InChI is InChI=1S/C16H21F3N2O2.2ClH/c17-11-9-12(22)13(15(19)14(11)18)16(10-1-7-23-8-2-10)21-5-3-20-4-6-21;;/h9-10,16,20,22H,1-8H2;2*1H/t16-;;/m1../s1. The van der Waals surface area contributed by atoms with Gasteiger partial charge < -0.3 is 15.2 Å². The van der Waals surface area contributed by atoms with E-state index >= 15 is 0 Å². The number of rotatable bonds is 3. The normalized spacial score (nSPS) is 20.4. The number of hydrogen-bond donors (Lipinski definition) is 2. The summed E-state index contributed by atoms with van der Waals surface area (Å²) in [6.45, 7) is 3.93. The maximum atomic E-state index is 14.4. The van der Waals surface area contributed by atoms with Crippen molar-refractivity contribution in [2.45, 2.75) is 18.9 Å². The number of piperazine rings is 1. The molecule has 0 amide bonds. The molecule has 2 heterocycles. The van der Waals surface area contributed by atoms with Crippen molar-refractivity contribution >= 4 is 24.8 Å². The Kier molecular flexibility index (Phi) is 8.77. The number of benzene rings is 1. The van der Waals surface area contributed by atoms with E-state index in [2.05, 4.69) is 5.32 Å². The van der Waals surface area contributed by atoms with Crippen molar-refractivity contribution in [3.63, 3.8) is 0 Å². The number of halogens is 5. The van der Waals surface area contributed by atoms with Gasteiger partial charge in [-0.05, 0) is 18.8 Å². The van der Waals surface area contributed by atoms with Crippen LogP contribution in [0.4, 0.5) is 13.2 Å². The molecule has 2 aliphatic heterocycles. The molecule has 0 saturated carbocycles. The van der Waals surface area contributed by atoms with Gasteiger partial charge in [-0.3, -0.25) is 4.90 Å². The van der Waals surface area contributed by atoms with Crippen molar-refractivity contribution in [3.8, 4) is 5.75 Å². The molecule has 25 heavy (non-hydrogen) atoms. The minimum absolute atomic E-state index is 0. The van der Waals surface area contributed by atoms with Gasteiger partial charge in [-0.1, -0.05) is 0 Å². The Bertz CT molecular complexity index is 551. The Morgan fingerprint density at radius 2 is 1.68 bits per heavy atom. The molecule has 9 heteroatoms. The molecular formula is C16H23Cl2F3N2O2. The highest BCUT2D eigenvalue weighted by Crippen LogP contribution is 2.41. The highest BCUT2D eigenvalue weighted by Gasteiger charge is 2.36. The lowest BCUT2D eigenvalue weighted by molar-refractivity contribution is 0.0193. The van der Waals surface area contributed by atoms with Gasteiger partial charge in [0.25, 0.3) is 0 Å². The molecule has 144 valence electrons. The van der Waals surface area contributed by atoms with Crippen molar-refractivity contribution in [1.29, 1.82) is 0 Å².